The first-order valence-corrected chi connectivity index (χ1v) is 5.03. The van der Waals surface area contributed by atoms with Gasteiger partial charge in [0.2, 0.25) is 0 Å². The summed E-state index contributed by atoms with van der Waals surface area (Å²) >= 11 is 5.76. The van der Waals surface area contributed by atoms with Gasteiger partial charge in [-0.05, 0) is 12.8 Å². The van der Waals surface area contributed by atoms with Gasteiger partial charge >= 0.3 is 0 Å². The van der Waals surface area contributed by atoms with Gasteiger partial charge in [0.15, 0.2) is 0 Å². The molecule has 0 radical (unpaired) electrons. The zero-order valence-corrected chi connectivity index (χ0v) is 8.11. The monoisotopic (exact) mass is 200 g/mol. The van der Waals surface area contributed by atoms with Gasteiger partial charge in [0.25, 0.3) is 0 Å². The molecule has 1 aliphatic rings. The molecule has 0 saturated heterocycles. The SMILES string of the molecule is O[C@H]1CCCC[C@@H]1n1cc(Cl)cn1. The highest BCUT2D eigenvalue weighted by Crippen LogP contribution is 2.28. The molecule has 0 aromatic carbocycles. The molecule has 2 atom stereocenters. The molecule has 72 valence electrons. The minimum atomic E-state index is -0.260. The van der Waals surface area contributed by atoms with Crippen molar-refractivity contribution in [3.05, 3.63) is 17.4 Å². The third-order valence-electron chi connectivity index (χ3n) is 2.60. The van der Waals surface area contributed by atoms with Crippen LogP contribution in [0.25, 0.3) is 0 Å². The molecule has 4 heteroatoms. The van der Waals surface area contributed by atoms with Crippen LogP contribution in [0, 0.1) is 0 Å². The molecule has 1 N–H and O–H groups in total. The summed E-state index contributed by atoms with van der Waals surface area (Å²) in [6.45, 7) is 0. The Balaban J connectivity index is 2.14. The number of nitrogens with zero attached hydrogens (tertiary/aromatic N) is 2. The van der Waals surface area contributed by atoms with Gasteiger partial charge in [0.05, 0.1) is 23.4 Å². The Morgan fingerprint density at radius 1 is 1.46 bits per heavy atom. The maximum atomic E-state index is 9.73. The zero-order valence-electron chi connectivity index (χ0n) is 7.36. The number of rotatable bonds is 1. The van der Waals surface area contributed by atoms with Crippen LogP contribution >= 0.6 is 11.6 Å². The largest absolute Gasteiger partial charge is 0.391 e. The van der Waals surface area contributed by atoms with Crippen LogP contribution in [0.15, 0.2) is 12.4 Å². The molecule has 1 aromatic rings. The fraction of sp³-hybridized carbons (Fsp3) is 0.667. The molecule has 1 heterocycles. The van der Waals surface area contributed by atoms with E-state index in [0.29, 0.717) is 5.02 Å². The number of aromatic nitrogens is 2. The average Bonchev–Trinajstić information content (AvgIpc) is 2.53. The Morgan fingerprint density at radius 2 is 2.23 bits per heavy atom. The molecule has 1 fully saturated rings. The Bertz CT molecular complexity index is 287. The first-order valence-electron chi connectivity index (χ1n) is 4.65. The van der Waals surface area contributed by atoms with Gasteiger partial charge in [0, 0.05) is 6.20 Å². The Kier molecular flexibility index (Phi) is 2.56. The van der Waals surface area contributed by atoms with Crippen molar-refractivity contribution in [3.8, 4) is 0 Å². The third-order valence-corrected chi connectivity index (χ3v) is 2.80. The molecule has 1 aromatic heterocycles. The van der Waals surface area contributed by atoms with Crippen LogP contribution in [0.1, 0.15) is 31.7 Å². The summed E-state index contributed by atoms with van der Waals surface area (Å²) in [6.07, 6.45) is 7.29. The second-order valence-electron chi connectivity index (χ2n) is 3.56. The lowest BCUT2D eigenvalue weighted by Crippen LogP contribution is -2.27. The number of halogens is 1. The second-order valence-corrected chi connectivity index (χ2v) is 3.99. The molecule has 0 aliphatic heterocycles. The molecule has 13 heavy (non-hydrogen) atoms. The van der Waals surface area contributed by atoms with Crippen molar-refractivity contribution in [2.75, 3.05) is 0 Å². The maximum Gasteiger partial charge on any atom is 0.0785 e. The van der Waals surface area contributed by atoms with Gasteiger partial charge in [-0.1, -0.05) is 24.4 Å². The first kappa shape index (κ1) is 9.03. The van der Waals surface area contributed by atoms with Crippen LogP contribution in [0.3, 0.4) is 0 Å². The molecule has 1 saturated carbocycles. The number of aliphatic hydroxyl groups is 1. The summed E-state index contributed by atoms with van der Waals surface area (Å²) in [4.78, 5) is 0. The molecule has 1 aliphatic carbocycles. The minimum Gasteiger partial charge on any atom is -0.391 e. The fourth-order valence-electron chi connectivity index (χ4n) is 1.90. The van der Waals surface area contributed by atoms with Gasteiger partial charge in [-0.3, -0.25) is 4.68 Å². The summed E-state index contributed by atoms with van der Waals surface area (Å²) in [5, 5.41) is 14.5. The van der Waals surface area contributed by atoms with Crippen molar-refractivity contribution in [3.63, 3.8) is 0 Å². The van der Waals surface area contributed by atoms with E-state index in [-0.39, 0.29) is 12.1 Å². The van der Waals surface area contributed by atoms with E-state index >= 15 is 0 Å². The second kappa shape index (κ2) is 3.68. The fourth-order valence-corrected chi connectivity index (χ4v) is 2.04. The van der Waals surface area contributed by atoms with E-state index in [9.17, 15) is 5.11 Å². The molecular weight excluding hydrogens is 188 g/mol. The zero-order chi connectivity index (χ0) is 9.26. The van der Waals surface area contributed by atoms with Gasteiger partial charge in [-0.25, -0.2) is 0 Å². The van der Waals surface area contributed by atoms with Crippen LogP contribution in [-0.4, -0.2) is 21.0 Å². The van der Waals surface area contributed by atoms with E-state index < -0.39 is 0 Å². The summed E-state index contributed by atoms with van der Waals surface area (Å²) in [6, 6.07) is 0.126. The lowest BCUT2D eigenvalue weighted by Gasteiger charge is -2.27. The molecule has 2 rings (SSSR count). The maximum absolute atomic E-state index is 9.73. The summed E-state index contributed by atoms with van der Waals surface area (Å²) in [5.41, 5.74) is 0. The van der Waals surface area contributed by atoms with Gasteiger partial charge in [-0.2, -0.15) is 5.10 Å². The van der Waals surface area contributed by atoms with E-state index in [4.69, 9.17) is 11.6 Å². The molecule has 0 spiro atoms. The van der Waals surface area contributed by atoms with E-state index in [0.717, 1.165) is 19.3 Å². The third kappa shape index (κ3) is 1.86. The molecule has 0 amide bonds. The molecule has 0 unspecified atom stereocenters. The lowest BCUT2D eigenvalue weighted by molar-refractivity contribution is 0.0694. The van der Waals surface area contributed by atoms with E-state index in [2.05, 4.69) is 5.10 Å². The lowest BCUT2D eigenvalue weighted by atomic mass is 9.93. The van der Waals surface area contributed by atoms with Crippen LogP contribution < -0.4 is 0 Å². The highest BCUT2D eigenvalue weighted by atomic mass is 35.5. The van der Waals surface area contributed by atoms with Crippen LogP contribution in [0.4, 0.5) is 0 Å². The highest BCUT2D eigenvalue weighted by molar-refractivity contribution is 6.30. The molecular formula is C9H13ClN2O. The predicted molar refractivity (Wildman–Crippen MR) is 50.7 cm³/mol. The van der Waals surface area contributed by atoms with Crippen molar-refractivity contribution in [2.24, 2.45) is 0 Å². The van der Waals surface area contributed by atoms with Crippen molar-refractivity contribution in [2.45, 2.75) is 37.8 Å². The molecule has 0 bridgehead atoms. The predicted octanol–water partition coefficient (Wildman–Crippen LogP) is 2.01. The van der Waals surface area contributed by atoms with Gasteiger partial charge < -0.3 is 5.11 Å². The van der Waals surface area contributed by atoms with Crippen LogP contribution in [0.5, 0.6) is 0 Å². The Morgan fingerprint density at radius 3 is 2.85 bits per heavy atom. The normalized spacial score (nSPS) is 29.1. The first-order chi connectivity index (χ1) is 6.27. The van der Waals surface area contributed by atoms with Gasteiger partial charge in [0.1, 0.15) is 0 Å². The minimum absolute atomic E-state index is 0.126. The van der Waals surface area contributed by atoms with E-state index in [1.165, 1.54) is 6.42 Å². The number of hydrogen-bond donors (Lipinski definition) is 1. The van der Waals surface area contributed by atoms with E-state index in [1.807, 2.05) is 0 Å². The highest BCUT2D eigenvalue weighted by Gasteiger charge is 2.24. The number of hydrogen-bond acceptors (Lipinski definition) is 2. The summed E-state index contributed by atoms with van der Waals surface area (Å²) < 4.78 is 1.78. The van der Waals surface area contributed by atoms with Crippen LogP contribution in [-0.2, 0) is 0 Å². The summed E-state index contributed by atoms with van der Waals surface area (Å²) in [5.74, 6) is 0. The number of aliphatic hydroxyl groups excluding tert-OH is 1. The van der Waals surface area contributed by atoms with Gasteiger partial charge in [-0.15, -0.1) is 0 Å². The Hall–Kier alpha value is -0.540. The van der Waals surface area contributed by atoms with Crippen LogP contribution in [0.2, 0.25) is 5.02 Å². The van der Waals surface area contributed by atoms with Crippen molar-refractivity contribution in [1.29, 1.82) is 0 Å². The van der Waals surface area contributed by atoms with Crippen molar-refractivity contribution >= 4 is 11.6 Å². The average molecular weight is 201 g/mol. The smallest absolute Gasteiger partial charge is 0.0785 e. The van der Waals surface area contributed by atoms with Crippen molar-refractivity contribution < 1.29 is 5.11 Å². The topological polar surface area (TPSA) is 38.0 Å². The van der Waals surface area contributed by atoms with E-state index in [1.54, 1.807) is 17.1 Å². The molecule has 3 nitrogen and oxygen atoms in total. The summed E-state index contributed by atoms with van der Waals surface area (Å²) in [7, 11) is 0. The Labute approximate surface area is 82.3 Å². The quantitative estimate of drug-likeness (QED) is 0.753. The standard InChI is InChI=1S/C9H13ClN2O/c10-7-5-11-12(6-7)8-3-1-2-4-9(8)13/h5-6,8-9,13H,1-4H2/t8-,9-/m0/s1. The van der Waals surface area contributed by atoms with Crippen molar-refractivity contribution in [1.82, 2.24) is 9.78 Å².